The third-order valence-electron chi connectivity index (χ3n) is 3.18. The van der Waals surface area contributed by atoms with Crippen LogP contribution < -0.4 is 0 Å². The van der Waals surface area contributed by atoms with E-state index in [1.807, 2.05) is 17.5 Å². The van der Waals surface area contributed by atoms with Crippen molar-refractivity contribution < 1.29 is 14.1 Å². The summed E-state index contributed by atoms with van der Waals surface area (Å²) in [5.41, 5.74) is 0. The van der Waals surface area contributed by atoms with Gasteiger partial charge in [0.05, 0.1) is 13.2 Å². The number of hydrogen-bond acceptors (Lipinski definition) is 6. The fourth-order valence-corrected chi connectivity index (χ4v) is 2.83. The second-order valence-corrected chi connectivity index (χ2v) is 5.66. The molecule has 1 amide bonds. The highest BCUT2D eigenvalue weighted by molar-refractivity contribution is 7.09. The average molecular weight is 293 g/mol. The Labute approximate surface area is 120 Å². The number of hydrogen-bond donors (Lipinski definition) is 0. The first-order chi connectivity index (χ1) is 9.72. The second kappa shape index (κ2) is 5.72. The van der Waals surface area contributed by atoms with E-state index in [0.717, 1.165) is 0 Å². The molecule has 7 heteroatoms. The zero-order valence-electron chi connectivity index (χ0n) is 11.1. The highest BCUT2D eigenvalue weighted by Gasteiger charge is 2.28. The van der Waals surface area contributed by atoms with E-state index in [2.05, 4.69) is 10.1 Å². The molecule has 0 radical (unpaired) electrons. The predicted octanol–water partition coefficient (Wildman–Crippen LogP) is 1.64. The number of rotatable bonds is 3. The van der Waals surface area contributed by atoms with Crippen molar-refractivity contribution in [1.82, 2.24) is 15.0 Å². The van der Waals surface area contributed by atoms with E-state index in [1.165, 1.54) is 4.88 Å². The summed E-state index contributed by atoms with van der Waals surface area (Å²) in [4.78, 5) is 18.7. The van der Waals surface area contributed by atoms with Crippen molar-refractivity contribution in [3.8, 4) is 0 Å². The zero-order chi connectivity index (χ0) is 13.9. The van der Waals surface area contributed by atoms with Gasteiger partial charge in [0.2, 0.25) is 5.91 Å². The largest absolute Gasteiger partial charge is 0.365 e. The van der Waals surface area contributed by atoms with Gasteiger partial charge in [-0.25, -0.2) is 0 Å². The van der Waals surface area contributed by atoms with Crippen LogP contribution in [-0.2, 0) is 16.0 Å². The number of amides is 1. The number of thiophene rings is 1. The van der Waals surface area contributed by atoms with Crippen LogP contribution in [0.25, 0.3) is 0 Å². The molecule has 2 aromatic heterocycles. The van der Waals surface area contributed by atoms with Gasteiger partial charge in [-0.2, -0.15) is 4.98 Å². The molecule has 1 aliphatic rings. The van der Waals surface area contributed by atoms with E-state index in [0.29, 0.717) is 37.8 Å². The van der Waals surface area contributed by atoms with Gasteiger partial charge in [0, 0.05) is 24.8 Å². The molecule has 20 heavy (non-hydrogen) atoms. The minimum absolute atomic E-state index is 0.0385. The lowest BCUT2D eigenvalue weighted by Gasteiger charge is -2.30. The van der Waals surface area contributed by atoms with Crippen LogP contribution in [0.2, 0.25) is 0 Å². The molecule has 0 bridgehead atoms. The van der Waals surface area contributed by atoms with E-state index in [1.54, 1.807) is 23.2 Å². The lowest BCUT2D eigenvalue weighted by Crippen LogP contribution is -2.41. The molecule has 2 aromatic rings. The summed E-state index contributed by atoms with van der Waals surface area (Å²) in [6.45, 7) is 3.13. The molecule has 106 valence electrons. The van der Waals surface area contributed by atoms with Crippen LogP contribution in [0.15, 0.2) is 22.0 Å². The van der Waals surface area contributed by atoms with E-state index >= 15 is 0 Å². The Morgan fingerprint density at radius 3 is 3.25 bits per heavy atom. The predicted molar refractivity (Wildman–Crippen MR) is 72.4 cm³/mol. The Balaban J connectivity index is 1.68. The topological polar surface area (TPSA) is 68.5 Å². The van der Waals surface area contributed by atoms with Crippen molar-refractivity contribution in [3.63, 3.8) is 0 Å². The number of carbonyl (C=O) groups is 1. The summed E-state index contributed by atoms with van der Waals surface area (Å²) < 4.78 is 10.9. The van der Waals surface area contributed by atoms with Crippen molar-refractivity contribution in [1.29, 1.82) is 0 Å². The van der Waals surface area contributed by atoms with E-state index in [-0.39, 0.29) is 12.0 Å². The molecule has 0 aliphatic carbocycles. The number of carbonyl (C=O) groups excluding carboxylic acids is 1. The van der Waals surface area contributed by atoms with Gasteiger partial charge in [0.15, 0.2) is 11.9 Å². The van der Waals surface area contributed by atoms with Crippen molar-refractivity contribution in [2.45, 2.75) is 19.4 Å². The summed E-state index contributed by atoms with van der Waals surface area (Å²) in [6, 6.07) is 4.03. The standard InChI is InChI=1S/C13H15N3O3S/c1-9(17)16-4-5-18-11(8-16)13-14-12(15-19-13)7-10-3-2-6-20-10/h2-3,6,11H,4-5,7-8H2,1H3. The molecule has 0 aromatic carbocycles. The fourth-order valence-electron chi connectivity index (χ4n) is 2.12. The fraction of sp³-hybridized carbons (Fsp3) is 0.462. The first-order valence-corrected chi connectivity index (χ1v) is 7.32. The SMILES string of the molecule is CC(=O)N1CCOC(c2nc(Cc3cccs3)no2)C1. The number of ether oxygens (including phenoxy) is 1. The summed E-state index contributed by atoms with van der Waals surface area (Å²) in [5, 5.41) is 5.99. The van der Waals surface area contributed by atoms with Gasteiger partial charge in [-0.05, 0) is 11.4 Å². The maximum atomic E-state index is 11.4. The molecule has 6 nitrogen and oxygen atoms in total. The third-order valence-corrected chi connectivity index (χ3v) is 4.06. The number of morpholine rings is 1. The first-order valence-electron chi connectivity index (χ1n) is 6.44. The Kier molecular flexibility index (Phi) is 3.79. The monoisotopic (exact) mass is 293 g/mol. The number of aromatic nitrogens is 2. The summed E-state index contributed by atoms with van der Waals surface area (Å²) in [7, 11) is 0. The summed E-state index contributed by atoms with van der Waals surface area (Å²) in [6.07, 6.45) is 0.335. The maximum Gasteiger partial charge on any atom is 0.257 e. The van der Waals surface area contributed by atoms with E-state index in [4.69, 9.17) is 9.26 Å². The first kappa shape index (κ1) is 13.3. The molecule has 1 unspecified atom stereocenters. The van der Waals surface area contributed by atoms with Crippen LogP contribution in [0.4, 0.5) is 0 Å². The molecule has 3 heterocycles. The van der Waals surface area contributed by atoms with Crippen LogP contribution in [0.3, 0.4) is 0 Å². The minimum atomic E-state index is -0.322. The Hall–Kier alpha value is -1.73. The molecule has 1 fully saturated rings. The molecule has 0 N–H and O–H groups in total. The highest BCUT2D eigenvalue weighted by Crippen LogP contribution is 2.21. The zero-order valence-corrected chi connectivity index (χ0v) is 11.9. The van der Waals surface area contributed by atoms with Gasteiger partial charge >= 0.3 is 0 Å². The quantitative estimate of drug-likeness (QED) is 0.860. The normalized spacial score (nSPS) is 19.2. The van der Waals surface area contributed by atoms with Crippen LogP contribution in [0, 0.1) is 0 Å². The third kappa shape index (κ3) is 2.88. The second-order valence-electron chi connectivity index (χ2n) is 4.63. The van der Waals surface area contributed by atoms with Crippen molar-refractivity contribution in [2.24, 2.45) is 0 Å². The van der Waals surface area contributed by atoms with Gasteiger partial charge in [-0.15, -0.1) is 11.3 Å². The molecule has 0 spiro atoms. The van der Waals surface area contributed by atoms with Gasteiger partial charge in [-0.3, -0.25) is 4.79 Å². The van der Waals surface area contributed by atoms with Gasteiger partial charge in [0.1, 0.15) is 0 Å². The van der Waals surface area contributed by atoms with Crippen molar-refractivity contribution in [2.75, 3.05) is 19.7 Å². The average Bonchev–Trinajstić information content (AvgIpc) is 3.11. The molecule has 1 aliphatic heterocycles. The maximum absolute atomic E-state index is 11.4. The van der Waals surface area contributed by atoms with Crippen molar-refractivity contribution >= 4 is 17.2 Å². The number of nitrogens with zero attached hydrogens (tertiary/aromatic N) is 3. The minimum Gasteiger partial charge on any atom is -0.365 e. The Bertz CT molecular complexity index is 581. The van der Waals surface area contributed by atoms with E-state index < -0.39 is 0 Å². The van der Waals surface area contributed by atoms with Gasteiger partial charge in [-0.1, -0.05) is 11.2 Å². The lowest BCUT2D eigenvalue weighted by atomic mass is 10.2. The van der Waals surface area contributed by atoms with Crippen LogP contribution in [-0.4, -0.2) is 40.6 Å². The van der Waals surface area contributed by atoms with Crippen LogP contribution in [0.5, 0.6) is 0 Å². The lowest BCUT2D eigenvalue weighted by molar-refractivity contribution is -0.137. The van der Waals surface area contributed by atoms with Crippen LogP contribution >= 0.6 is 11.3 Å². The molecule has 0 saturated carbocycles. The van der Waals surface area contributed by atoms with Gasteiger partial charge < -0.3 is 14.2 Å². The summed E-state index contributed by atoms with van der Waals surface area (Å²) in [5.74, 6) is 1.13. The molecule has 1 atom stereocenters. The Morgan fingerprint density at radius 2 is 2.50 bits per heavy atom. The molecular weight excluding hydrogens is 278 g/mol. The molecular formula is C13H15N3O3S. The summed E-state index contributed by atoms with van der Waals surface area (Å²) >= 11 is 1.66. The molecule has 3 rings (SSSR count). The van der Waals surface area contributed by atoms with E-state index in [9.17, 15) is 4.79 Å². The Morgan fingerprint density at radius 1 is 1.60 bits per heavy atom. The van der Waals surface area contributed by atoms with Crippen molar-refractivity contribution in [3.05, 3.63) is 34.1 Å². The smallest absolute Gasteiger partial charge is 0.257 e. The highest BCUT2D eigenvalue weighted by atomic mass is 32.1. The van der Waals surface area contributed by atoms with Gasteiger partial charge in [0.25, 0.3) is 5.89 Å². The van der Waals surface area contributed by atoms with Crippen LogP contribution in [0.1, 0.15) is 29.6 Å². The molecule has 1 saturated heterocycles.